The Morgan fingerprint density at radius 3 is 2.42 bits per heavy atom. The number of amidine groups is 1. The Labute approximate surface area is 118 Å². The van der Waals surface area contributed by atoms with Crippen LogP contribution in [0.25, 0.3) is 0 Å². The maximum atomic E-state index is 12.1. The Balaban J connectivity index is 5.31. The van der Waals surface area contributed by atoms with Crippen LogP contribution in [0.2, 0.25) is 0 Å². The monoisotopic (exact) mass is 298 g/mol. The number of rotatable bonds is 5. The molecule has 0 rings (SSSR count). The number of aliphatic imine (C=N–C) groups is 2. The maximum Gasteiger partial charge on any atom is 0.237 e. The largest absolute Gasteiger partial charge is 0.237 e. The topological polar surface area (TPSA) is 58.9 Å². The van der Waals surface area contributed by atoms with Crippen molar-refractivity contribution in [2.75, 3.05) is 0 Å². The molecule has 0 heterocycles. The molecule has 0 saturated heterocycles. The van der Waals surface area contributed by atoms with Crippen molar-refractivity contribution in [3.8, 4) is 0 Å². The lowest BCUT2D eigenvalue weighted by Gasteiger charge is -2.03. The minimum atomic E-state index is -3.53. The first-order chi connectivity index (χ1) is 9.01. The minimum Gasteiger partial charge on any atom is -0.235 e. The fourth-order valence-electron chi connectivity index (χ4n) is 0.958. The number of allylic oxidation sites excluding steroid dienone is 5. The van der Waals surface area contributed by atoms with Crippen molar-refractivity contribution in [2.45, 2.75) is 20.8 Å². The first-order valence-electron chi connectivity index (χ1n) is 5.59. The molecule has 0 aliphatic heterocycles. The third kappa shape index (κ3) is 6.93. The van der Waals surface area contributed by atoms with Gasteiger partial charge >= 0.3 is 0 Å². The van der Waals surface area contributed by atoms with Crippen LogP contribution in [0, 0.1) is 0 Å². The van der Waals surface area contributed by atoms with Crippen molar-refractivity contribution in [3.05, 3.63) is 48.1 Å². The lowest BCUT2D eigenvalue weighted by Crippen LogP contribution is -2.01. The predicted octanol–water partition coefficient (Wildman–Crippen LogP) is 3.68. The van der Waals surface area contributed by atoms with Gasteiger partial charge in [-0.25, -0.2) is 18.4 Å². The summed E-state index contributed by atoms with van der Waals surface area (Å²) in [6.07, 6.45) is 10.8. The highest BCUT2D eigenvalue weighted by Crippen LogP contribution is 2.25. The van der Waals surface area contributed by atoms with Gasteiger partial charge in [-0.1, -0.05) is 30.9 Å². The van der Waals surface area contributed by atoms with E-state index in [1.54, 1.807) is 32.9 Å². The molecule has 0 aromatic carbocycles. The second-order valence-electron chi connectivity index (χ2n) is 3.10. The van der Waals surface area contributed by atoms with Crippen LogP contribution < -0.4 is 0 Å². The quantitative estimate of drug-likeness (QED) is 0.337. The molecule has 104 valence electrons. The molecule has 0 unspecified atom stereocenters. The van der Waals surface area contributed by atoms with E-state index in [1.807, 2.05) is 0 Å². The molecule has 0 saturated carbocycles. The molecule has 0 bridgehead atoms. The smallest absolute Gasteiger partial charge is 0.235 e. The normalized spacial score (nSPS) is 14.9. The Kier molecular flexibility index (Phi) is 8.82. The standard InChI is InChI=1S/C13H18N2O2S2/c1-5-9-10-12(7-3)19(16,17)18-13(14-8-4)15-11-6-2/h5-11H,1H2,2-4H3/b10-9-,11-6-,12-7+,14-8?,15-13?. The van der Waals surface area contributed by atoms with Crippen LogP contribution in [0.1, 0.15) is 20.8 Å². The average molecular weight is 298 g/mol. The van der Waals surface area contributed by atoms with Crippen molar-refractivity contribution in [3.63, 3.8) is 0 Å². The lowest BCUT2D eigenvalue weighted by atomic mass is 10.4. The Morgan fingerprint density at radius 2 is 1.95 bits per heavy atom. The molecule has 0 aliphatic carbocycles. The van der Waals surface area contributed by atoms with E-state index >= 15 is 0 Å². The molecule has 0 spiro atoms. The van der Waals surface area contributed by atoms with E-state index in [2.05, 4.69) is 16.6 Å². The van der Waals surface area contributed by atoms with E-state index in [9.17, 15) is 8.42 Å². The summed E-state index contributed by atoms with van der Waals surface area (Å²) in [5, 5.41) is 0.173. The molecule has 19 heavy (non-hydrogen) atoms. The highest BCUT2D eigenvalue weighted by molar-refractivity contribution is 8.79. The maximum absolute atomic E-state index is 12.1. The van der Waals surface area contributed by atoms with Gasteiger partial charge in [0.1, 0.15) is 0 Å². The van der Waals surface area contributed by atoms with Crippen LogP contribution >= 0.6 is 10.8 Å². The summed E-state index contributed by atoms with van der Waals surface area (Å²) in [7, 11) is -2.92. The summed E-state index contributed by atoms with van der Waals surface area (Å²) in [6, 6.07) is 0. The third-order valence-electron chi connectivity index (χ3n) is 1.73. The summed E-state index contributed by atoms with van der Waals surface area (Å²) >= 11 is 0. The molecule has 0 radical (unpaired) electrons. The summed E-state index contributed by atoms with van der Waals surface area (Å²) < 4.78 is 24.3. The fraction of sp³-hybridized carbons (Fsp3) is 0.231. The van der Waals surface area contributed by atoms with Gasteiger partial charge in [0.25, 0.3) is 0 Å². The van der Waals surface area contributed by atoms with Crippen LogP contribution in [0.15, 0.2) is 58.0 Å². The van der Waals surface area contributed by atoms with Crippen molar-refractivity contribution < 1.29 is 8.42 Å². The predicted molar refractivity (Wildman–Crippen MR) is 86.0 cm³/mol. The third-order valence-corrected chi connectivity index (χ3v) is 4.94. The zero-order valence-corrected chi connectivity index (χ0v) is 12.9. The minimum absolute atomic E-state index is 0.173. The number of hydrogen-bond donors (Lipinski definition) is 0. The first kappa shape index (κ1) is 17.6. The highest BCUT2D eigenvalue weighted by atomic mass is 33.1. The van der Waals surface area contributed by atoms with Gasteiger partial charge in [0.2, 0.25) is 14.0 Å². The molecule has 0 N–H and O–H groups in total. The van der Waals surface area contributed by atoms with Gasteiger partial charge in [0.15, 0.2) is 0 Å². The van der Waals surface area contributed by atoms with Gasteiger partial charge in [0.05, 0.1) is 4.91 Å². The zero-order valence-electron chi connectivity index (χ0n) is 11.3. The van der Waals surface area contributed by atoms with Crippen molar-refractivity contribution in [1.29, 1.82) is 0 Å². The van der Waals surface area contributed by atoms with Crippen LogP contribution in [0.4, 0.5) is 0 Å². The van der Waals surface area contributed by atoms with Crippen LogP contribution in [-0.4, -0.2) is 19.8 Å². The van der Waals surface area contributed by atoms with Crippen molar-refractivity contribution >= 4 is 31.0 Å². The molecule has 0 fully saturated rings. The molecule has 0 aliphatic rings. The second kappa shape index (κ2) is 9.52. The van der Waals surface area contributed by atoms with E-state index in [0.29, 0.717) is 10.8 Å². The molecular weight excluding hydrogens is 280 g/mol. The average Bonchev–Trinajstić information content (AvgIpc) is 2.36. The van der Waals surface area contributed by atoms with Crippen LogP contribution in [0.5, 0.6) is 0 Å². The van der Waals surface area contributed by atoms with Crippen molar-refractivity contribution in [2.24, 2.45) is 9.98 Å². The molecule has 0 amide bonds. The van der Waals surface area contributed by atoms with E-state index in [0.717, 1.165) is 0 Å². The summed E-state index contributed by atoms with van der Waals surface area (Å²) in [6.45, 7) is 8.66. The van der Waals surface area contributed by atoms with Gasteiger partial charge < -0.3 is 0 Å². The molecule has 0 aromatic heterocycles. The van der Waals surface area contributed by atoms with Gasteiger partial charge in [-0.05, 0) is 26.8 Å². The zero-order chi connectivity index (χ0) is 14.7. The van der Waals surface area contributed by atoms with Crippen LogP contribution in [0.3, 0.4) is 0 Å². The SMILES string of the molecule is C=C/C=C\C(=C/C)S(=O)(=O)SC(N=CC)=N/C=C\C. The van der Waals surface area contributed by atoms with E-state index in [1.165, 1.54) is 30.6 Å². The summed E-state index contributed by atoms with van der Waals surface area (Å²) in [4.78, 5) is 8.09. The molecular formula is C13H18N2O2S2. The summed E-state index contributed by atoms with van der Waals surface area (Å²) in [5.74, 6) is 0. The summed E-state index contributed by atoms with van der Waals surface area (Å²) in [5.41, 5.74) is 0. The molecule has 0 aromatic rings. The van der Waals surface area contributed by atoms with Crippen molar-refractivity contribution in [1.82, 2.24) is 0 Å². The highest BCUT2D eigenvalue weighted by Gasteiger charge is 2.18. The Bertz CT molecular complexity index is 539. The fourth-order valence-corrected chi connectivity index (χ4v) is 3.63. The van der Waals surface area contributed by atoms with Gasteiger partial charge in [-0.3, -0.25) is 0 Å². The van der Waals surface area contributed by atoms with Gasteiger partial charge in [-0.15, -0.1) is 0 Å². The number of hydrogen-bond acceptors (Lipinski definition) is 4. The van der Waals surface area contributed by atoms with E-state index < -0.39 is 8.87 Å². The molecule has 4 nitrogen and oxygen atoms in total. The Morgan fingerprint density at radius 1 is 1.26 bits per heavy atom. The first-order valence-corrected chi connectivity index (χ1v) is 8.41. The van der Waals surface area contributed by atoms with Gasteiger partial charge in [-0.2, -0.15) is 0 Å². The second-order valence-corrected chi connectivity index (χ2v) is 6.83. The molecule has 6 heteroatoms. The van der Waals surface area contributed by atoms with Crippen LogP contribution in [-0.2, 0) is 8.87 Å². The molecule has 0 atom stereocenters. The van der Waals surface area contributed by atoms with E-state index in [-0.39, 0.29) is 10.1 Å². The number of nitrogens with zero attached hydrogens (tertiary/aromatic N) is 2. The lowest BCUT2D eigenvalue weighted by molar-refractivity contribution is 0.616. The van der Waals surface area contributed by atoms with E-state index in [4.69, 9.17) is 0 Å². The Hall–Kier alpha value is -1.40. The van der Waals surface area contributed by atoms with Gasteiger partial charge in [0, 0.05) is 23.2 Å².